The molecule has 0 radical (unpaired) electrons. The standard InChI is InChI=1S/C12H14ClNO2/c1-2-3-6-14-8-10-5-4-9(12(15)16)7-11(10)13/h4,7H,2-3,5-6H2,1H3,(H,15,16). The number of carboxylic acid groups (broad SMARTS) is 1. The van der Waals surface area contributed by atoms with E-state index in [1.807, 2.05) is 0 Å². The molecule has 1 N–H and O–H groups in total. The Labute approximate surface area is 99.8 Å². The summed E-state index contributed by atoms with van der Waals surface area (Å²) in [6.45, 7) is 2.83. The smallest absolute Gasteiger partial charge is 0.335 e. The normalized spacial score (nSPS) is 15.0. The van der Waals surface area contributed by atoms with Gasteiger partial charge in [-0.05, 0) is 18.4 Å². The zero-order valence-corrected chi connectivity index (χ0v) is 9.92. The number of unbranched alkanes of at least 4 members (excludes halogenated alkanes) is 1. The topological polar surface area (TPSA) is 49.7 Å². The van der Waals surface area contributed by atoms with Crippen LogP contribution in [0.15, 0.2) is 33.3 Å². The molecule has 86 valence electrons. The molecule has 0 bridgehead atoms. The molecule has 0 amide bonds. The summed E-state index contributed by atoms with van der Waals surface area (Å²) < 4.78 is 0. The van der Waals surface area contributed by atoms with E-state index in [0.717, 1.165) is 25.0 Å². The maximum absolute atomic E-state index is 10.7. The number of aliphatic carboxylic acids is 1. The van der Waals surface area contributed by atoms with E-state index in [1.54, 1.807) is 6.08 Å². The highest BCUT2D eigenvalue weighted by molar-refractivity contribution is 6.33. The molecule has 0 saturated heterocycles. The highest BCUT2D eigenvalue weighted by atomic mass is 35.5. The van der Waals surface area contributed by atoms with Crippen LogP contribution in [0, 0.1) is 0 Å². The first-order valence-electron chi connectivity index (χ1n) is 5.24. The number of allylic oxidation sites excluding steroid dienone is 3. The maximum Gasteiger partial charge on any atom is 0.335 e. The van der Waals surface area contributed by atoms with Gasteiger partial charge < -0.3 is 5.11 Å². The molecule has 1 aliphatic rings. The third-order valence-electron chi connectivity index (χ3n) is 2.18. The van der Waals surface area contributed by atoms with E-state index >= 15 is 0 Å². The van der Waals surface area contributed by atoms with E-state index in [2.05, 4.69) is 17.8 Å². The van der Waals surface area contributed by atoms with E-state index < -0.39 is 5.97 Å². The molecule has 0 fully saturated rings. The number of rotatable bonds is 4. The van der Waals surface area contributed by atoms with Crippen LogP contribution in [0.3, 0.4) is 0 Å². The number of hydrogen-bond acceptors (Lipinski definition) is 2. The third kappa shape index (κ3) is 3.69. The van der Waals surface area contributed by atoms with E-state index in [-0.39, 0.29) is 5.57 Å². The van der Waals surface area contributed by atoms with Crippen LogP contribution >= 0.6 is 11.6 Å². The van der Waals surface area contributed by atoms with Gasteiger partial charge in [0, 0.05) is 18.5 Å². The molecule has 4 heteroatoms. The number of hydrogen-bond donors (Lipinski definition) is 1. The lowest BCUT2D eigenvalue weighted by molar-refractivity contribution is -0.132. The maximum atomic E-state index is 10.7. The Morgan fingerprint density at radius 1 is 1.69 bits per heavy atom. The predicted octanol–water partition coefficient (Wildman–Crippen LogP) is 2.92. The summed E-state index contributed by atoms with van der Waals surface area (Å²) in [5.41, 5.74) is 0.979. The average Bonchev–Trinajstić information content (AvgIpc) is 2.26. The molecular formula is C12H14ClNO2. The van der Waals surface area contributed by atoms with Gasteiger partial charge in [-0.1, -0.05) is 31.0 Å². The number of nitrogens with zero attached hydrogens (tertiary/aromatic N) is 1. The summed E-state index contributed by atoms with van der Waals surface area (Å²) >= 11 is 5.93. The van der Waals surface area contributed by atoms with Crippen LogP contribution in [-0.2, 0) is 4.79 Å². The molecule has 0 aromatic rings. The van der Waals surface area contributed by atoms with Gasteiger partial charge in [0.1, 0.15) is 0 Å². The second-order valence-electron chi connectivity index (χ2n) is 3.49. The van der Waals surface area contributed by atoms with Gasteiger partial charge in [0.2, 0.25) is 0 Å². The lowest BCUT2D eigenvalue weighted by atomic mass is 10.0. The molecule has 0 heterocycles. The van der Waals surface area contributed by atoms with Gasteiger partial charge in [-0.2, -0.15) is 0 Å². The lowest BCUT2D eigenvalue weighted by Gasteiger charge is -2.06. The molecular weight excluding hydrogens is 226 g/mol. The van der Waals surface area contributed by atoms with Gasteiger partial charge in [-0.15, -0.1) is 0 Å². The van der Waals surface area contributed by atoms with Crippen molar-refractivity contribution >= 4 is 23.4 Å². The lowest BCUT2D eigenvalue weighted by Crippen LogP contribution is -2.02. The molecule has 0 aliphatic heterocycles. The van der Waals surface area contributed by atoms with Gasteiger partial charge in [-0.3, -0.25) is 0 Å². The van der Waals surface area contributed by atoms with Crippen LogP contribution in [0.2, 0.25) is 0 Å². The van der Waals surface area contributed by atoms with Crippen molar-refractivity contribution in [3.05, 3.63) is 28.3 Å². The molecule has 0 atom stereocenters. The molecule has 0 aromatic carbocycles. The number of carbonyl (C=O) groups is 1. The minimum Gasteiger partial charge on any atom is -0.478 e. The minimum absolute atomic E-state index is 0.226. The second kappa shape index (κ2) is 6.31. The first kappa shape index (κ1) is 12.8. The highest BCUT2D eigenvalue weighted by Crippen LogP contribution is 2.24. The Hall–Kier alpha value is -1.31. The van der Waals surface area contributed by atoms with Crippen molar-refractivity contribution in [2.24, 2.45) is 4.99 Å². The summed E-state index contributed by atoms with van der Waals surface area (Å²) in [7, 11) is 0. The molecule has 0 saturated carbocycles. The predicted molar refractivity (Wildman–Crippen MR) is 65.0 cm³/mol. The van der Waals surface area contributed by atoms with E-state index in [4.69, 9.17) is 16.7 Å². The molecule has 0 unspecified atom stereocenters. The van der Waals surface area contributed by atoms with Gasteiger partial charge in [0.05, 0.1) is 10.6 Å². The number of carboxylic acids is 1. The zero-order valence-electron chi connectivity index (χ0n) is 9.16. The van der Waals surface area contributed by atoms with Gasteiger partial charge >= 0.3 is 5.97 Å². The number of aliphatic imine (C=N–C) groups is 1. The first-order valence-corrected chi connectivity index (χ1v) is 5.62. The largest absolute Gasteiger partial charge is 0.478 e. The van der Waals surface area contributed by atoms with Crippen LogP contribution in [0.4, 0.5) is 0 Å². The Morgan fingerprint density at radius 3 is 3.00 bits per heavy atom. The van der Waals surface area contributed by atoms with Crippen molar-refractivity contribution in [1.29, 1.82) is 0 Å². The van der Waals surface area contributed by atoms with Gasteiger partial charge in [-0.25, -0.2) is 9.79 Å². The third-order valence-corrected chi connectivity index (χ3v) is 2.52. The SMILES string of the molecule is CCCCN=C=C1CC=C(C(=O)O)C=C1Cl. The van der Waals surface area contributed by atoms with Crippen molar-refractivity contribution in [2.75, 3.05) is 6.54 Å². The molecule has 1 aliphatic carbocycles. The molecule has 0 aromatic heterocycles. The fourth-order valence-electron chi connectivity index (χ4n) is 1.23. The minimum atomic E-state index is -0.958. The summed E-state index contributed by atoms with van der Waals surface area (Å²) in [6, 6.07) is 0. The van der Waals surface area contributed by atoms with Gasteiger partial charge in [0.15, 0.2) is 0 Å². The van der Waals surface area contributed by atoms with Gasteiger partial charge in [0.25, 0.3) is 0 Å². The van der Waals surface area contributed by atoms with Crippen LogP contribution in [0.25, 0.3) is 0 Å². The fraction of sp³-hybridized carbons (Fsp3) is 0.417. The van der Waals surface area contributed by atoms with Crippen LogP contribution in [0.1, 0.15) is 26.2 Å². The Morgan fingerprint density at radius 2 is 2.44 bits per heavy atom. The fourth-order valence-corrected chi connectivity index (χ4v) is 1.47. The van der Waals surface area contributed by atoms with Crippen LogP contribution in [-0.4, -0.2) is 23.5 Å². The Kier molecular flexibility index (Phi) is 5.03. The summed E-state index contributed by atoms with van der Waals surface area (Å²) in [5.74, 6) is 1.91. The van der Waals surface area contributed by atoms with Crippen molar-refractivity contribution in [1.82, 2.24) is 0 Å². The van der Waals surface area contributed by atoms with Crippen LogP contribution < -0.4 is 0 Å². The average molecular weight is 240 g/mol. The summed E-state index contributed by atoms with van der Waals surface area (Å²) in [4.78, 5) is 14.8. The Bertz CT molecular complexity index is 401. The summed E-state index contributed by atoms with van der Waals surface area (Å²) in [5, 5.41) is 9.18. The summed E-state index contributed by atoms with van der Waals surface area (Å²) in [6.07, 6.45) is 5.65. The van der Waals surface area contributed by atoms with Crippen molar-refractivity contribution in [3.8, 4) is 0 Å². The quantitative estimate of drug-likeness (QED) is 0.606. The van der Waals surface area contributed by atoms with E-state index in [0.29, 0.717) is 11.5 Å². The van der Waals surface area contributed by atoms with Crippen LogP contribution in [0.5, 0.6) is 0 Å². The molecule has 1 rings (SSSR count). The first-order chi connectivity index (χ1) is 7.65. The molecule has 3 nitrogen and oxygen atoms in total. The van der Waals surface area contributed by atoms with E-state index in [9.17, 15) is 4.79 Å². The number of halogens is 1. The van der Waals surface area contributed by atoms with Crippen molar-refractivity contribution in [2.45, 2.75) is 26.2 Å². The van der Waals surface area contributed by atoms with Crippen molar-refractivity contribution in [3.63, 3.8) is 0 Å². The monoisotopic (exact) mass is 239 g/mol. The Balaban J connectivity index is 2.73. The highest BCUT2D eigenvalue weighted by Gasteiger charge is 2.13. The second-order valence-corrected chi connectivity index (χ2v) is 3.89. The van der Waals surface area contributed by atoms with Crippen molar-refractivity contribution < 1.29 is 9.90 Å². The van der Waals surface area contributed by atoms with E-state index in [1.165, 1.54) is 6.08 Å². The molecule has 16 heavy (non-hydrogen) atoms. The molecule has 0 spiro atoms. The zero-order chi connectivity index (χ0) is 12.0.